The molecular weight excluding hydrogens is 306 g/mol. The monoisotopic (exact) mass is 323 g/mol. The van der Waals surface area contributed by atoms with Crippen LogP contribution in [0.25, 0.3) is 0 Å². The minimum absolute atomic E-state index is 0.0468. The van der Waals surface area contributed by atoms with Crippen molar-refractivity contribution in [2.45, 2.75) is 25.3 Å². The van der Waals surface area contributed by atoms with Gasteiger partial charge in [0.1, 0.15) is 0 Å². The van der Waals surface area contributed by atoms with Crippen molar-refractivity contribution >= 4 is 28.8 Å². The Morgan fingerprint density at radius 2 is 2.00 bits per heavy atom. The number of hydrogen-bond donors (Lipinski definition) is 2. The zero-order valence-corrected chi connectivity index (χ0v) is 13.2. The van der Waals surface area contributed by atoms with Gasteiger partial charge in [-0.15, -0.1) is 11.3 Å². The number of hydrogen-bond acceptors (Lipinski definition) is 3. The molecule has 2 aromatic rings. The molecule has 1 aromatic heterocycles. The number of aliphatic hydroxyl groups is 1. The lowest BCUT2D eigenvalue weighted by molar-refractivity contribution is -0.122. The first-order valence-electron chi connectivity index (χ1n) is 6.85. The molecule has 5 heteroatoms. The molecule has 0 aliphatic heterocycles. The quantitative estimate of drug-likeness (QED) is 0.822. The van der Waals surface area contributed by atoms with E-state index in [0.29, 0.717) is 19.3 Å². The first kappa shape index (κ1) is 16.0. The summed E-state index contributed by atoms with van der Waals surface area (Å²) in [7, 11) is 0. The second kappa shape index (κ2) is 8.17. The molecule has 2 N–H and O–H groups in total. The van der Waals surface area contributed by atoms with Crippen molar-refractivity contribution in [1.82, 2.24) is 5.32 Å². The Morgan fingerprint density at radius 3 is 2.62 bits per heavy atom. The number of benzene rings is 1. The second-order valence-electron chi connectivity index (χ2n) is 4.84. The summed E-state index contributed by atoms with van der Waals surface area (Å²) in [6.07, 6.45) is 1.71. The van der Waals surface area contributed by atoms with Crippen LogP contribution in [0.5, 0.6) is 0 Å². The van der Waals surface area contributed by atoms with Crippen molar-refractivity contribution in [3.8, 4) is 0 Å². The van der Waals surface area contributed by atoms with Crippen LogP contribution in [0.15, 0.2) is 42.5 Å². The van der Waals surface area contributed by atoms with Gasteiger partial charge in [0.2, 0.25) is 5.91 Å². The molecule has 0 saturated carbocycles. The van der Waals surface area contributed by atoms with Crippen LogP contribution in [0.4, 0.5) is 0 Å². The molecule has 1 amide bonds. The Morgan fingerprint density at radius 1 is 1.24 bits per heavy atom. The summed E-state index contributed by atoms with van der Waals surface area (Å²) in [5, 5.41) is 12.3. The summed E-state index contributed by atoms with van der Waals surface area (Å²) in [4.78, 5) is 13.0. The molecule has 21 heavy (non-hydrogen) atoms. The van der Waals surface area contributed by atoms with Crippen LogP contribution < -0.4 is 5.32 Å². The van der Waals surface area contributed by atoms with Crippen LogP contribution >= 0.6 is 22.9 Å². The van der Waals surface area contributed by atoms with E-state index in [9.17, 15) is 9.90 Å². The highest BCUT2D eigenvalue weighted by molar-refractivity contribution is 7.16. The van der Waals surface area contributed by atoms with E-state index >= 15 is 0 Å². The highest BCUT2D eigenvalue weighted by Gasteiger charge is 2.12. The van der Waals surface area contributed by atoms with Gasteiger partial charge in [-0.2, -0.15) is 0 Å². The fourth-order valence-corrected chi connectivity index (χ4v) is 3.17. The van der Waals surface area contributed by atoms with E-state index in [-0.39, 0.29) is 18.6 Å². The lowest BCUT2D eigenvalue weighted by Crippen LogP contribution is -2.39. The van der Waals surface area contributed by atoms with Crippen LogP contribution in [-0.2, 0) is 17.6 Å². The van der Waals surface area contributed by atoms with Gasteiger partial charge in [-0.1, -0.05) is 41.9 Å². The van der Waals surface area contributed by atoms with E-state index in [1.807, 2.05) is 42.5 Å². The molecule has 0 radical (unpaired) electrons. The number of rotatable bonds is 7. The highest BCUT2D eigenvalue weighted by Crippen LogP contribution is 2.22. The number of halogens is 1. The largest absolute Gasteiger partial charge is 0.394 e. The summed E-state index contributed by atoms with van der Waals surface area (Å²) < 4.78 is 0.739. The Labute approximate surface area is 133 Å². The maximum absolute atomic E-state index is 11.9. The van der Waals surface area contributed by atoms with Gasteiger partial charge in [0.25, 0.3) is 0 Å². The van der Waals surface area contributed by atoms with Crippen molar-refractivity contribution in [2.75, 3.05) is 6.61 Å². The summed E-state index contributed by atoms with van der Waals surface area (Å²) in [5.74, 6) is -0.0468. The number of aliphatic hydroxyl groups excluding tert-OH is 1. The number of carbonyl (C=O) groups excluding carboxylic acids is 1. The molecule has 2 rings (SSSR count). The number of nitrogens with one attached hydrogen (secondary N) is 1. The molecule has 0 aliphatic carbocycles. The minimum Gasteiger partial charge on any atom is -0.394 e. The molecular formula is C16H18ClNO2S. The third-order valence-electron chi connectivity index (χ3n) is 3.14. The molecule has 0 spiro atoms. The Kier molecular flexibility index (Phi) is 6.23. The van der Waals surface area contributed by atoms with E-state index < -0.39 is 0 Å². The van der Waals surface area contributed by atoms with Crippen molar-refractivity contribution in [3.63, 3.8) is 0 Å². The second-order valence-corrected chi connectivity index (χ2v) is 6.64. The molecule has 1 aromatic carbocycles. The number of thiophene rings is 1. The van der Waals surface area contributed by atoms with Crippen molar-refractivity contribution < 1.29 is 9.90 Å². The van der Waals surface area contributed by atoms with Crippen molar-refractivity contribution in [2.24, 2.45) is 0 Å². The van der Waals surface area contributed by atoms with Gasteiger partial charge < -0.3 is 10.4 Å². The summed E-state index contributed by atoms with van der Waals surface area (Å²) >= 11 is 7.35. The van der Waals surface area contributed by atoms with Gasteiger partial charge in [0, 0.05) is 11.3 Å². The maximum Gasteiger partial charge on any atom is 0.220 e. The predicted molar refractivity (Wildman–Crippen MR) is 86.8 cm³/mol. The fourth-order valence-electron chi connectivity index (χ4n) is 2.08. The van der Waals surface area contributed by atoms with Gasteiger partial charge >= 0.3 is 0 Å². The summed E-state index contributed by atoms with van der Waals surface area (Å²) in [6.45, 7) is -0.0640. The lowest BCUT2D eigenvalue weighted by atomic mass is 10.1. The van der Waals surface area contributed by atoms with Gasteiger partial charge in [0.05, 0.1) is 17.0 Å². The Balaban J connectivity index is 1.79. The average molecular weight is 324 g/mol. The molecule has 1 heterocycles. The molecule has 3 nitrogen and oxygen atoms in total. The van der Waals surface area contributed by atoms with E-state index in [2.05, 4.69) is 5.32 Å². The van der Waals surface area contributed by atoms with Gasteiger partial charge in [-0.05, 0) is 30.5 Å². The molecule has 1 atom stereocenters. The molecule has 0 saturated heterocycles. The third kappa shape index (κ3) is 5.50. The summed E-state index contributed by atoms with van der Waals surface area (Å²) in [6, 6.07) is 13.4. The fraction of sp³-hybridized carbons (Fsp3) is 0.312. The van der Waals surface area contributed by atoms with Gasteiger partial charge in [-0.3, -0.25) is 4.79 Å². The zero-order valence-electron chi connectivity index (χ0n) is 11.6. The van der Waals surface area contributed by atoms with Crippen LogP contribution in [0, 0.1) is 0 Å². The topological polar surface area (TPSA) is 49.3 Å². The number of carbonyl (C=O) groups is 1. The molecule has 0 bridgehead atoms. The lowest BCUT2D eigenvalue weighted by Gasteiger charge is -2.16. The van der Waals surface area contributed by atoms with Gasteiger partial charge in [-0.25, -0.2) is 0 Å². The first-order valence-corrected chi connectivity index (χ1v) is 8.05. The van der Waals surface area contributed by atoms with Crippen LogP contribution in [-0.4, -0.2) is 23.7 Å². The SMILES string of the molecule is O=C(CCc1ccc(Cl)s1)NC(CO)Cc1ccccc1. The molecule has 1 unspecified atom stereocenters. The smallest absolute Gasteiger partial charge is 0.220 e. The molecule has 112 valence electrons. The van der Waals surface area contributed by atoms with Gasteiger partial charge in [0.15, 0.2) is 0 Å². The zero-order chi connectivity index (χ0) is 15.1. The first-order chi connectivity index (χ1) is 10.2. The van der Waals surface area contributed by atoms with E-state index in [1.165, 1.54) is 11.3 Å². The van der Waals surface area contributed by atoms with E-state index in [0.717, 1.165) is 14.8 Å². The number of amides is 1. The Hall–Kier alpha value is -1.36. The van der Waals surface area contributed by atoms with Crippen LogP contribution in [0.2, 0.25) is 4.34 Å². The maximum atomic E-state index is 11.9. The Bertz CT molecular complexity index is 571. The molecule has 0 fully saturated rings. The van der Waals surface area contributed by atoms with Crippen LogP contribution in [0.3, 0.4) is 0 Å². The molecule has 0 aliphatic rings. The van der Waals surface area contributed by atoms with Crippen molar-refractivity contribution in [1.29, 1.82) is 0 Å². The standard InChI is InChI=1S/C16H18ClNO2S/c17-15-8-6-14(21-15)7-9-16(20)18-13(11-19)10-12-4-2-1-3-5-12/h1-6,8,13,19H,7,9-11H2,(H,18,20). The van der Waals surface area contributed by atoms with E-state index in [1.54, 1.807) is 0 Å². The average Bonchev–Trinajstić information content (AvgIpc) is 2.91. The summed E-state index contributed by atoms with van der Waals surface area (Å²) in [5.41, 5.74) is 1.10. The highest BCUT2D eigenvalue weighted by atomic mass is 35.5. The predicted octanol–water partition coefficient (Wildman–Crippen LogP) is 3.05. The third-order valence-corrected chi connectivity index (χ3v) is 4.43. The van der Waals surface area contributed by atoms with Crippen LogP contribution in [0.1, 0.15) is 16.9 Å². The van der Waals surface area contributed by atoms with E-state index in [4.69, 9.17) is 11.6 Å². The number of aryl methyl sites for hydroxylation is 1. The minimum atomic E-state index is -0.244. The van der Waals surface area contributed by atoms with Crippen molar-refractivity contribution in [3.05, 3.63) is 57.2 Å². The normalized spacial score (nSPS) is 12.1.